The predicted octanol–water partition coefficient (Wildman–Crippen LogP) is 1.31. The van der Waals surface area contributed by atoms with Crippen LogP contribution in [0.3, 0.4) is 0 Å². The summed E-state index contributed by atoms with van der Waals surface area (Å²) in [6.07, 6.45) is 1.35. The first-order valence-electron chi connectivity index (χ1n) is 6.49. The molecule has 0 aliphatic rings. The molecule has 8 nitrogen and oxygen atoms in total. The second kappa shape index (κ2) is 5.78. The molecule has 0 spiro atoms. The van der Waals surface area contributed by atoms with E-state index in [4.69, 9.17) is 5.11 Å². The van der Waals surface area contributed by atoms with Gasteiger partial charge in [-0.3, -0.25) is 4.79 Å². The Balaban J connectivity index is 2.12. The highest BCUT2D eigenvalue weighted by atomic mass is 16.4. The van der Waals surface area contributed by atoms with Crippen molar-refractivity contribution >= 4 is 17.7 Å². The predicted molar refractivity (Wildman–Crippen MR) is 75.2 cm³/mol. The van der Waals surface area contributed by atoms with Crippen molar-refractivity contribution in [3.05, 3.63) is 29.7 Å². The molecule has 2 rings (SSSR count). The molecule has 0 bridgehead atoms. The highest BCUT2D eigenvalue weighted by molar-refractivity contribution is 5.91. The Morgan fingerprint density at radius 2 is 2.14 bits per heavy atom. The molecule has 0 saturated carbocycles. The lowest BCUT2D eigenvalue weighted by Gasteiger charge is -2.12. The standard InChI is InChI=1S/C13H17N5O3/c1-8(2)18-11(6-9(3)16-18)15-12(19)7-17-10(13(20)21)4-5-14-17/h4-6,8H,7H2,1-3H3,(H,15,19)(H,20,21). The molecule has 0 fully saturated rings. The van der Waals surface area contributed by atoms with Gasteiger partial charge in [0.1, 0.15) is 18.1 Å². The first-order valence-corrected chi connectivity index (χ1v) is 6.49. The van der Waals surface area contributed by atoms with Crippen molar-refractivity contribution in [3.8, 4) is 0 Å². The molecule has 2 heterocycles. The molecular weight excluding hydrogens is 274 g/mol. The number of aryl methyl sites for hydroxylation is 1. The van der Waals surface area contributed by atoms with E-state index in [0.29, 0.717) is 5.82 Å². The summed E-state index contributed by atoms with van der Waals surface area (Å²) in [5, 5.41) is 19.8. The van der Waals surface area contributed by atoms with Crippen LogP contribution in [0, 0.1) is 6.92 Å². The SMILES string of the molecule is Cc1cc(NC(=O)Cn2nccc2C(=O)O)n(C(C)C)n1. The molecule has 0 unspecified atom stereocenters. The number of carboxylic acid groups (broad SMARTS) is 1. The summed E-state index contributed by atoms with van der Waals surface area (Å²) < 4.78 is 2.84. The van der Waals surface area contributed by atoms with Gasteiger partial charge in [-0.15, -0.1) is 0 Å². The van der Waals surface area contributed by atoms with E-state index < -0.39 is 5.97 Å². The van der Waals surface area contributed by atoms with Crippen LogP contribution in [-0.2, 0) is 11.3 Å². The first kappa shape index (κ1) is 14.8. The lowest BCUT2D eigenvalue weighted by atomic mass is 10.4. The molecule has 0 saturated heterocycles. The van der Waals surface area contributed by atoms with Crippen LogP contribution in [0.1, 0.15) is 36.1 Å². The van der Waals surface area contributed by atoms with Crippen molar-refractivity contribution in [3.63, 3.8) is 0 Å². The zero-order valence-electron chi connectivity index (χ0n) is 12.1. The second-order valence-electron chi connectivity index (χ2n) is 4.94. The molecule has 21 heavy (non-hydrogen) atoms. The van der Waals surface area contributed by atoms with Gasteiger partial charge in [-0.2, -0.15) is 10.2 Å². The van der Waals surface area contributed by atoms with Crippen molar-refractivity contribution in [2.24, 2.45) is 0 Å². The maximum Gasteiger partial charge on any atom is 0.354 e. The normalized spacial score (nSPS) is 10.9. The molecule has 0 radical (unpaired) electrons. The van der Waals surface area contributed by atoms with Gasteiger partial charge in [0.15, 0.2) is 0 Å². The number of carbonyl (C=O) groups excluding carboxylic acids is 1. The number of aromatic carboxylic acids is 1. The molecule has 112 valence electrons. The maximum atomic E-state index is 12.0. The minimum absolute atomic E-state index is 0.0290. The van der Waals surface area contributed by atoms with Crippen molar-refractivity contribution < 1.29 is 14.7 Å². The quantitative estimate of drug-likeness (QED) is 0.864. The Labute approximate surface area is 121 Å². The van der Waals surface area contributed by atoms with Crippen LogP contribution >= 0.6 is 0 Å². The fourth-order valence-electron chi connectivity index (χ4n) is 1.96. The molecular formula is C13H17N5O3. The van der Waals surface area contributed by atoms with Crippen molar-refractivity contribution in [1.29, 1.82) is 0 Å². The number of nitrogens with zero attached hydrogens (tertiary/aromatic N) is 4. The van der Waals surface area contributed by atoms with E-state index in [-0.39, 0.29) is 24.2 Å². The van der Waals surface area contributed by atoms with Gasteiger partial charge in [-0.25, -0.2) is 14.2 Å². The van der Waals surface area contributed by atoms with E-state index in [0.717, 1.165) is 10.4 Å². The number of rotatable bonds is 5. The number of carbonyl (C=O) groups is 2. The van der Waals surface area contributed by atoms with Crippen LogP contribution in [-0.4, -0.2) is 36.5 Å². The Morgan fingerprint density at radius 3 is 2.76 bits per heavy atom. The Hall–Kier alpha value is -2.64. The maximum absolute atomic E-state index is 12.0. The lowest BCUT2D eigenvalue weighted by molar-refractivity contribution is -0.117. The molecule has 2 aromatic rings. The average Bonchev–Trinajstić information content (AvgIpc) is 2.96. The number of anilines is 1. The summed E-state index contributed by atoms with van der Waals surface area (Å²) in [5.41, 5.74) is 0.767. The van der Waals surface area contributed by atoms with Crippen LogP contribution < -0.4 is 5.32 Å². The number of carboxylic acids is 1. The number of amides is 1. The summed E-state index contributed by atoms with van der Waals surface area (Å²) in [6, 6.07) is 3.21. The fraction of sp³-hybridized carbons (Fsp3) is 0.385. The van der Waals surface area contributed by atoms with E-state index in [1.54, 1.807) is 10.7 Å². The molecule has 0 aromatic carbocycles. The van der Waals surface area contributed by atoms with Crippen LogP contribution in [0.5, 0.6) is 0 Å². The third kappa shape index (κ3) is 3.28. The lowest BCUT2D eigenvalue weighted by Crippen LogP contribution is -2.23. The molecule has 0 atom stereocenters. The van der Waals surface area contributed by atoms with E-state index in [2.05, 4.69) is 15.5 Å². The summed E-state index contributed by atoms with van der Waals surface area (Å²) >= 11 is 0. The number of aromatic nitrogens is 4. The number of hydrogen-bond acceptors (Lipinski definition) is 4. The highest BCUT2D eigenvalue weighted by Gasteiger charge is 2.15. The minimum atomic E-state index is -1.12. The van der Waals surface area contributed by atoms with Crippen LogP contribution in [0.2, 0.25) is 0 Å². The van der Waals surface area contributed by atoms with Gasteiger partial charge in [0.2, 0.25) is 5.91 Å². The Morgan fingerprint density at radius 1 is 1.43 bits per heavy atom. The number of hydrogen-bond donors (Lipinski definition) is 2. The van der Waals surface area contributed by atoms with Gasteiger partial charge in [0, 0.05) is 18.3 Å². The molecule has 8 heteroatoms. The Bertz CT molecular complexity index is 671. The highest BCUT2D eigenvalue weighted by Crippen LogP contribution is 2.16. The van der Waals surface area contributed by atoms with Gasteiger partial charge in [0.25, 0.3) is 0 Å². The summed E-state index contributed by atoms with van der Waals surface area (Å²) in [4.78, 5) is 23.0. The van der Waals surface area contributed by atoms with Gasteiger partial charge in [-0.05, 0) is 26.8 Å². The average molecular weight is 291 g/mol. The molecule has 2 aromatic heterocycles. The zero-order valence-corrected chi connectivity index (χ0v) is 12.1. The van der Waals surface area contributed by atoms with Gasteiger partial charge in [0.05, 0.1) is 5.69 Å². The monoisotopic (exact) mass is 291 g/mol. The number of nitrogens with one attached hydrogen (secondary N) is 1. The van der Waals surface area contributed by atoms with Gasteiger partial charge >= 0.3 is 5.97 Å². The molecule has 0 aliphatic heterocycles. The van der Waals surface area contributed by atoms with Crippen LogP contribution in [0.25, 0.3) is 0 Å². The topological polar surface area (TPSA) is 102 Å². The minimum Gasteiger partial charge on any atom is -0.477 e. The Kier molecular flexibility index (Phi) is 4.06. The molecule has 2 N–H and O–H groups in total. The third-order valence-electron chi connectivity index (χ3n) is 2.84. The summed E-state index contributed by atoms with van der Waals surface area (Å²) in [5.74, 6) is -0.900. The van der Waals surface area contributed by atoms with Crippen molar-refractivity contribution in [2.75, 3.05) is 5.32 Å². The van der Waals surface area contributed by atoms with Crippen molar-refractivity contribution in [2.45, 2.75) is 33.4 Å². The van der Waals surface area contributed by atoms with E-state index >= 15 is 0 Å². The van der Waals surface area contributed by atoms with E-state index in [1.165, 1.54) is 12.3 Å². The largest absolute Gasteiger partial charge is 0.477 e. The third-order valence-corrected chi connectivity index (χ3v) is 2.84. The van der Waals surface area contributed by atoms with E-state index in [1.807, 2.05) is 20.8 Å². The van der Waals surface area contributed by atoms with Crippen LogP contribution in [0.15, 0.2) is 18.3 Å². The second-order valence-corrected chi connectivity index (χ2v) is 4.94. The van der Waals surface area contributed by atoms with Crippen molar-refractivity contribution in [1.82, 2.24) is 19.6 Å². The van der Waals surface area contributed by atoms with E-state index in [9.17, 15) is 9.59 Å². The zero-order chi connectivity index (χ0) is 15.6. The van der Waals surface area contributed by atoms with Gasteiger partial charge in [-0.1, -0.05) is 0 Å². The fourth-order valence-corrected chi connectivity index (χ4v) is 1.96. The van der Waals surface area contributed by atoms with Gasteiger partial charge < -0.3 is 10.4 Å². The molecule has 0 aliphatic carbocycles. The molecule has 1 amide bonds. The van der Waals surface area contributed by atoms with Crippen LogP contribution in [0.4, 0.5) is 5.82 Å². The smallest absolute Gasteiger partial charge is 0.354 e. The first-order chi connectivity index (χ1) is 9.88. The summed E-state index contributed by atoms with van der Waals surface area (Å²) in [7, 11) is 0. The summed E-state index contributed by atoms with van der Waals surface area (Å²) in [6.45, 7) is 5.58.